The Morgan fingerprint density at radius 2 is 1.95 bits per heavy atom. The first-order valence-corrected chi connectivity index (χ1v) is 6.62. The number of rotatable bonds is 5. The van der Waals surface area contributed by atoms with Gasteiger partial charge in [0.25, 0.3) is 5.56 Å². The van der Waals surface area contributed by atoms with Gasteiger partial charge in [-0.2, -0.15) is 0 Å². The van der Waals surface area contributed by atoms with Crippen LogP contribution in [0.3, 0.4) is 0 Å². The fourth-order valence-corrected chi connectivity index (χ4v) is 1.65. The van der Waals surface area contributed by atoms with Crippen molar-refractivity contribution in [2.24, 2.45) is 5.41 Å². The normalized spacial score (nSPS) is 11.6. The summed E-state index contributed by atoms with van der Waals surface area (Å²) in [7, 11) is 0. The molecule has 0 saturated carbocycles. The summed E-state index contributed by atoms with van der Waals surface area (Å²) in [6.07, 6.45) is 1.80. The summed E-state index contributed by atoms with van der Waals surface area (Å²) in [5.74, 6) is 0.214. The molecule has 19 heavy (non-hydrogen) atoms. The quantitative estimate of drug-likeness (QED) is 0.752. The molecule has 6 heteroatoms. The SMILES string of the molecule is CCCCn1c(N)c(NCC(C)(C)C)c(=O)[nH]c1=O. The number of nitrogens with two attached hydrogens (primary N) is 1. The molecule has 0 amide bonds. The van der Waals surface area contributed by atoms with Gasteiger partial charge in [0, 0.05) is 13.1 Å². The van der Waals surface area contributed by atoms with Crippen LogP contribution in [0.4, 0.5) is 11.5 Å². The van der Waals surface area contributed by atoms with E-state index in [0.29, 0.717) is 13.1 Å². The van der Waals surface area contributed by atoms with Crippen molar-refractivity contribution in [2.45, 2.75) is 47.1 Å². The lowest BCUT2D eigenvalue weighted by Gasteiger charge is -2.20. The van der Waals surface area contributed by atoms with Crippen LogP contribution in [0.5, 0.6) is 0 Å². The van der Waals surface area contributed by atoms with E-state index in [2.05, 4.69) is 31.1 Å². The first-order chi connectivity index (χ1) is 8.76. The molecule has 0 spiro atoms. The highest BCUT2D eigenvalue weighted by Crippen LogP contribution is 2.16. The van der Waals surface area contributed by atoms with E-state index in [1.165, 1.54) is 4.57 Å². The van der Waals surface area contributed by atoms with Crippen molar-refractivity contribution in [1.82, 2.24) is 9.55 Å². The monoisotopic (exact) mass is 268 g/mol. The summed E-state index contributed by atoms with van der Waals surface area (Å²) in [4.78, 5) is 25.8. The Balaban J connectivity index is 3.10. The smallest absolute Gasteiger partial charge is 0.330 e. The largest absolute Gasteiger partial charge is 0.383 e. The lowest BCUT2D eigenvalue weighted by atomic mass is 9.97. The Hall–Kier alpha value is -1.72. The Morgan fingerprint density at radius 1 is 1.32 bits per heavy atom. The first kappa shape index (κ1) is 15.3. The van der Waals surface area contributed by atoms with E-state index in [4.69, 9.17) is 5.73 Å². The second-order valence-electron chi connectivity index (χ2n) is 5.94. The third-order valence-electron chi connectivity index (χ3n) is 2.77. The molecule has 0 saturated heterocycles. The van der Waals surface area contributed by atoms with Crippen LogP contribution in [-0.2, 0) is 6.54 Å². The maximum absolute atomic E-state index is 11.8. The molecule has 0 aliphatic heterocycles. The molecule has 1 rings (SSSR count). The summed E-state index contributed by atoms with van der Waals surface area (Å²) >= 11 is 0. The molecule has 1 heterocycles. The van der Waals surface area contributed by atoms with Gasteiger partial charge in [-0.1, -0.05) is 34.1 Å². The van der Waals surface area contributed by atoms with Crippen molar-refractivity contribution in [3.8, 4) is 0 Å². The van der Waals surface area contributed by atoms with E-state index in [1.54, 1.807) is 0 Å². The number of anilines is 2. The summed E-state index contributed by atoms with van der Waals surface area (Å²) < 4.78 is 1.41. The van der Waals surface area contributed by atoms with Crippen LogP contribution >= 0.6 is 0 Å². The molecule has 108 valence electrons. The van der Waals surface area contributed by atoms with E-state index in [1.807, 2.05) is 6.92 Å². The summed E-state index contributed by atoms with van der Waals surface area (Å²) in [6, 6.07) is 0. The van der Waals surface area contributed by atoms with Gasteiger partial charge in [0.2, 0.25) is 0 Å². The molecule has 1 aromatic rings. The summed E-state index contributed by atoms with van der Waals surface area (Å²) in [5, 5.41) is 3.04. The second-order valence-corrected chi connectivity index (χ2v) is 5.94. The molecule has 1 aromatic heterocycles. The Labute approximate surface area is 113 Å². The van der Waals surface area contributed by atoms with Crippen LogP contribution < -0.4 is 22.3 Å². The van der Waals surface area contributed by atoms with Crippen LogP contribution in [0.1, 0.15) is 40.5 Å². The van der Waals surface area contributed by atoms with Gasteiger partial charge < -0.3 is 11.1 Å². The molecule has 0 aliphatic carbocycles. The highest BCUT2D eigenvalue weighted by molar-refractivity contribution is 5.60. The maximum atomic E-state index is 11.8. The number of nitrogens with one attached hydrogen (secondary N) is 2. The van der Waals surface area contributed by atoms with Crippen LogP contribution in [0.25, 0.3) is 0 Å². The van der Waals surface area contributed by atoms with Gasteiger partial charge in [0.15, 0.2) is 0 Å². The van der Waals surface area contributed by atoms with Gasteiger partial charge in [-0.3, -0.25) is 14.3 Å². The number of nitrogen functional groups attached to an aromatic ring is 1. The third kappa shape index (κ3) is 4.15. The number of H-pyrrole nitrogens is 1. The fourth-order valence-electron chi connectivity index (χ4n) is 1.65. The summed E-state index contributed by atoms with van der Waals surface area (Å²) in [6.45, 7) is 9.31. The van der Waals surface area contributed by atoms with Crippen LogP contribution in [-0.4, -0.2) is 16.1 Å². The molecule has 0 aromatic carbocycles. The van der Waals surface area contributed by atoms with Crippen molar-refractivity contribution in [2.75, 3.05) is 17.6 Å². The van der Waals surface area contributed by atoms with E-state index in [-0.39, 0.29) is 16.9 Å². The number of aromatic amines is 1. The summed E-state index contributed by atoms with van der Waals surface area (Å²) in [5.41, 5.74) is 5.33. The van der Waals surface area contributed by atoms with Crippen molar-refractivity contribution >= 4 is 11.5 Å². The maximum Gasteiger partial charge on any atom is 0.330 e. The van der Waals surface area contributed by atoms with Gasteiger partial charge >= 0.3 is 5.69 Å². The highest BCUT2D eigenvalue weighted by atomic mass is 16.2. The minimum Gasteiger partial charge on any atom is -0.383 e. The molecule has 0 aliphatic rings. The van der Waals surface area contributed by atoms with Crippen molar-refractivity contribution in [3.63, 3.8) is 0 Å². The van der Waals surface area contributed by atoms with Crippen molar-refractivity contribution in [1.29, 1.82) is 0 Å². The minimum absolute atomic E-state index is 0.0171. The van der Waals surface area contributed by atoms with Gasteiger partial charge in [0.05, 0.1) is 0 Å². The zero-order chi connectivity index (χ0) is 14.6. The van der Waals surface area contributed by atoms with Crippen LogP contribution in [0, 0.1) is 5.41 Å². The van der Waals surface area contributed by atoms with E-state index in [0.717, 1.165) is 12.8 Å². The number of unbranched alkanes of at least 4 members (excludes halogenated alkanes) is 1. The standard InChI is InChI=1S/C13H24N4O2/c1-5-6-7-17-10(14)9(11(18)16-12(17)19)15-8-13(2,3)4/h15H,5-8,14H2,1-4H3,(H,16,18,19). The Bertz CT molecular complexity index is 537. The molecule has 0 unspecified atom stereocenters. The molecule has 0 atom stereocenters. The zero-order valence-electron chi connectivity index (χ0n) is 12.2. The first-order valence-electron chi connectivity index (χ1n) is 6.62. The zero-order valence-corrected chi connectivity index (χ0v) is 12.2. The molecular weight excluding hydrogens is 244 g/mol. The van der Waals surface area contributed by atoms with Crippen LogP contribution in [0.15, 0.2) is 9.59 Å². The molecule has 6 nitrogen and oxygen atoms in total. The number of hydrogen-bond acceptors (Lipinski definition) is 4. The average Bonchev–Trinajstić information content (AvgIpc) is 2.26. The minimum atomic E-state index is -0.459. The fraction of sp³-hybridized carbons (Fsp3) is 0.692. The predicted molar refractivity (Wildman–Crippen MR) is 78.6 cm³/mol. The number of hydrogen-bond donors (Lipinski definition) is 3. The number of aromatic nitrogens is 2. The van der Waals surface area contributed by atoms with Gasteiger partial charge in [0.1, 0.15) is 11.5 Å². The van der Waals surface area contributed by atoms with E-state index in [9.17, 15) is 9.59 Å². The molecule has 0 fully saturated rings. The Kier molecular flexibility index (Phi) is 4.80. The van der Waals surface area contributed by atoms with Crippen molar-refractivity contribution in [3.05, 3.63) is 20.8 Å². The molecular formula is C13H24N4O2. The van der Waals surface area contributed by atoms with E-state index < -0.39 is 11.2 Å². The average molecular weight is 268 g/mol. The second kappa shape index (κ2) is 5.95. The number of nitrogens with zero attached hydrogens (tertiary/aromatic N) is 1. The van der Waals surface area contributed by atoms with Crippen molar-refractivity contribution < 1.29 is 0 Å². The highest BCUT2D eigenvalue weighted by Gasteiger charge is 2.15. The van der Waals surface area contributed by atoms with Gasteiger partial charge in [-0.05, 0) is 11.8 Å². The lowest BCUT2D eigenvalue weighted by molar-refractivity contribution is 0.442. The molecule has 0 bridgehead atoms. The van der Waals surface area contributed by atoms with Gasteiger partial charge in [-0.25, -0.2) is 4.79 Å². The predicted octanol–water partition coefficient (Wildman–Crippen LogP) is 1.38. The van der Waals surface area contributed by atoms with Crippen LogP contribution in [0.2, 0.25) is 0 Å². The molecule has 0 radical (unpaired) electrons. The molecule has 4 N–H and O–H groups in total. The topological polar surface area (TPSA) is 92.9 Å². The Morgan fingerprint density at radius 3 is 2.47 bits per heavy atom. The third-order valence-corrected chi connectivity index (χ3v) is 2.77. The van der Waals surface area contributed by atoms with E-state index >= 15 is 0 Å². The lowest BCUT2D eigenvalue weighted by Crippen LogP contribution is -2.35. The van der Waals surface area contributed by atoms with Gasteiger partial charge in [-0.15, -0.1) is 0 Å².